The van der Waals surface area contributed by atoms with E-state index in [1.165, 1.54) is 49.7 Å². The molecule has 1 nitrogen and oxygen atoms in total. The molecule has 6 aliphatic rings. The highest BCUT2D eigenvalue weighted by molar-refractivity contribution is 5.92. The molecule has 0 spiro atoms. The molecule has 0 amide bonds. The molecule has 8 aromatic rings. The standard InChI is InChI=1S/C64H57N/c1-41-31-47(46-23-25-48(26-24-46)63-38-43-33-44(39-63)35-45(34-43)40-63)32-42(2)61(41)65(51-27-29-55-53-19-11-13-21-57(53)62(3,4)59(55)36-51)52-28-30-56-54-20-12-14-22-58(54)64(60(56)37-52,49-15-7-5-8-16-49)50-17-9-6-10-18-50/h5-32,36-37,43-45H,33-35,38-40H2,1-4H3/i11D,13D,19D,21D,27D,29D,36D. The Balaban J connectivity index is 1.04. The third kappa shape index (κ3) is 5.70. The fourth-order valence-electron chi connectivity index (χ4n) is 14.2. The summed E-state index contributed by atoms with van der Waals surface area (Å²) in [6.07, 6.45) is 8.21. The van der Waals surface area contributed by atoms with Crippen molar-refractivity contribution < 1.29 is 9.60 Å². The molecule has 4 saturated carbocycles. The van der Waals surface area contributed by atoms with E-state index in [9.17, 15) is 4.11 Å². The van der Waals surface area contributed by atoms with Gasteiger partial charge in [0.15, 0.2) is 0 Å². The van der Waals surface area contributed by atoms with Crippen LogP contribution in [0.25, 0.3) is 33.4 Å². The summed E-state index contributed by atoms with van der Waals surface area (Å²) in [5, 5.41) is 0. The van der Waals surface area contributed by atoms with Crippen molar-refractivity contribution in [1.82, 2.24) is 0 Å². The quantitative estimate of drug-likeness (QED) is 0.154. The number of aryl methyl sites for hydroxylation is 2. The van der Waals surface area contributed by atoms with E-state index < -0.39 is 16.9 Å². The topological polar surface area (TPSA) is 3.24 Å². The van der Waals surface area contributed by atoms with Gasteiger partial charge in [-0.3, -0.25) is 0 Å². The fraction of sp³-hybridized carbons (Fsp3) is 0.250. The number of hydrogen-bond acceptors (Lipinski definition) is 1. The molecule has 65 heavy (non-hydrogen) atoms. The Morgan fingerprint density at radius 1 is 0.477 bits per heavy atom. The first-order valence-electron chi connectivity index (χ1n) is 27.3. The first-order valence-corrected chi connectivity index (χ1v) is 23.8. The van der Waals surface area contributed by atoms with Gasteiger partial charge in [-0.2, -0.15) is 0 Å². The molecule has 0 aromatic heterocycles. The average Bonchev–Trinajstić information content (AvgIpc) is 3.82. The van der Waals surface area contributed by atoms with E-state index in [-0.39, 0.29) is 53.1 Å². The zero-order valence-corrected chi connectivity index (χ0v) is 37.7. The predicted molar refractivity (Wildman–Crippen MR) is 271 cm³/mol. The maximum atomic E-state index is 10.4. The third-order valence-electron chi connectivity index (χ3n) is 16.5. The van der Waals surface area contributed by atoms with Crippen molar-refractivity contribution >= 4 is 17.1 Å². The van der Waals surface area contributed by atoms with Gasteiger partial charge in [0.1, 0.15) is 0 Å². The monoisotopic (exact) mass is 846 g/mol. The van der Waals surface area contributed by atoms with Crippen molar-refractivity contribution in [2.75, 3.05) is 4.90 Å². The summed E-state index contributed by atoms with van der Waals surface area (Å²) in [6, 6.07) is 48.8. The molecule has 0 saturated heterocycles. The molecule has 14 rings (SSSR count). The molecule has 0 radical (unpaired) electrons. The minimum absolute atomic E-state index is 0.0216. The van der Waals surface area contributed by atoms with Crippen LogP contribution >= 0.6 is 0 Å². The van der Waals surface area contributed by atoms with Crippen molar-refractivity contribution in [3.8, 4) is 33.4 Å². The van der Waals surface area contributed by atoms with Gasteiger partial charge in [-0.15, -0.1) is 0 Å². The average molecular weight is 847 g/mol. The number of fused-ring (bicyclic) bond motifs is 6. The second kappa shape index (κ2) is 14.3. The van der Waals surface area contributed by atoms with Gasteiger partial charge in [0.2, 0.25) is 0 Å². The summed E-state index contributed by atoms with van der Waals surface area (Å²) < 4.78 is 65.9. The van der Waals surface area contributed by atoms with Crippen LogP contribution in [-0.4, -0.2) is 0 Å². The first kappa shape index (κ1) is 32.3. The van der Waals surface area contributed by atoms with E-state index in [4.69, 9.17) is 5.48 Å². The molecule has 318 valence electrons. The molecule has 4 bridgehead atoms. The van der Waals surface area contributed by atoms with Gasteiger partial charge >= 0.3 is 0 Å². The molecule has 0 N–H and O–H groups in total. The lowest BCUT2D eigenvalue weighted by Gasteiger charge is -2.57. The fourth-order valence-corrected chi connectivity index (χ4v) is 14.2. The summed E-state index contributed by atoms with van der Waals surface area (Å²) in [5.74, 6) is 2.61. The third-order valence-corrected chi connectivity index (χ3v) is 16.5. The Morgan fingerprint density at radius 3 is 1.72 bits per heavy atom. The summed E-state index contributed by atoms with van der Waals surface area (Å²) >= 11 is 0. The van der Waals surface area contributed by atoms with Crippen LogP contribution < -0.4 is 4.90 Å². The predicted octanol–water partition coefficient (Wildman–Crippen LogP) is 16.6. The molecule has 0 unspecified atom stereocenters. The lowest BCUT2D eigenvalue weighted by Crippen LogP contribution is -2.48. The van der Waals surface area contributed by atoms with Crippen LogP contribution in [0.15, 0.2) is 182 Å². The Kier molecular flexibility index (Phi) is 7.09. The number of benzene rings is 8. The number of nitrogens with zero attached hydrogens (tertiary/aromatic N) is 1. The van der Waals surface area contributed by atoms with E-state index >= 15 is 0 Å². The largest absolute Gasteiger partial charge is 0.310 e. The Labute approximate surface area is 395 Å². The Bertz CT molecular complexity index is 3480. The van der Waals surface area contributed by atoms with Crippen LogP contribution in [0.1, 0.15) is 112 Å². The van der Waals surface area contributed by atoms with Crippen molar-refractivity contribution in [2.24, 2.45) is 17.8 Å². The number of anilines is 3. The van der Waals surface area contributed by atoms with Gasteiger partial charge in [0, 0.05) is 16.8 Å². The van der Waals surface area contributed by atoms with Gasteiger partial charge in [0.25, 0.3) is 0 Å². The zero-order chi connectivity index (χ0) is 49.7. The van der Waals surface area contributed by atoms with Crippen molar-refractivity contribution in [3.05, 3.63) is 232 Å². The minimum Gasteiger partial charge on any atom is -0.310 e. The molecule has 8 aromatic carbocycles. The van der Waals surface area contributed by atoms with E-state index in [2.05, 4.69) is 153 Å². The Morgan fingerprint density at radius 2 is 1.06 bits per heavy atom. The second-order valence-electron chi connectivity index (χ2n) is 20.7. The number of rotatable bonds is 7. The highest BCUT2D eigenvalue weighted by atomic mass is 15.1. The van der Waals surface area contributed by atoms with Crippen LogP contribution in [0, 0.1) is 31.6 Å². The molecule has 0 heterocycles. The van der Waals surface area contributed by atoms with E-state index in [1.54, 1.807) is 0 Å². The van der Waals surface area contributed by atoms with Crippen LogP contribution in [0.2, 0.25) is 0 Å². The van der Waals surface area contributed by atoms with Crippen molar-refractivity contribution in [2.45, 2.75) is 82.5 Å². The van der Waals surface area contributed by atoms with Gasteiger partial charge in [-0.25, -0.2) is 0 Å². The van der Waals surface area contributed by atoms with Gasteiger partial charge in [0.05, 0.1) is 20.7 Å². The van der Waals surface area contributed by atoms with Crippen LogP contribution in [0.3, 0.4) is 0 Å². The second-order valence-corrected chi connectivity index (χ2v) is 20.7. The van der Waals surface area contributed by atoms with Crippen LogP contribution in [-0.2, 0) is 16.2 Å². The molecular weight excluding hydrogens is 783 g/mol. The SMILES string of the molecule is [2H]c1c([2H])c([2H])c2c(c1[2H])-c1c([2H])c([2H])c(N(c3ccc4c(c3)C(c3ccccc3)(c3ccccc3)c3ccccc3-4)c3c(C)cc(-c4ccc(C56CC7CC(CC(C7)C5)C6)cc4)cc3C)c([2H])c1C2(C)C. The maximum Gasteiger partial charge on any atom is 0.0714 e. The van der Waals surface area contributed by atoms with Crippen LogP contribution in [0.4, 0.5) is 17.1 Å². The molecule has 4 fully saturated rings. The lowest BCUT2D eigenvalue weighted by atomic mass is 9.48. The summed E-state index contributed by atoms with van der Waals surface area (Å²) in [4.78, 5) is 2.03. The summed E-state index contributed by atoms with van der Waals surface area (Å²) in [6.45, 7) is 7.98. The van der Waals surface area contributed by atoms with Crippen molar-refractivity contribution in [1.29, 1.82) is 0 Å². The molecule has 0 aliphatic heterocycles. The first-order chi connectivity index (χ1) is 34.6. The Hall–Kier alpha value is -6.44. The zero-order valence-electron chi connectivity index (χ0n) is 44.7. The van der Waals surface area contributed by atoms with Crippen molar-refractivity contribution in [3.63, 3.8) is 0 Å². The van der Waals surface area contributed by atoms with E-state index in [0.29, 0.717) is 16.5 Å². The highest BCUT2D eigenvalue weighted by Crippen LogP contribution is 2.61. The van der Waals surface area contributed by atoms with Crippen LogP contribution in [0.5, 0.6) is 0 Å². The highest BCUT2D eigenvalue weighted by Gasteiger charge is 2.52. The molecule has 6 aliphatic carbocycles. The molecule has 1 heteroatoms. The minimum atomic E-state index is -1.09. The van der Waals surface area contributed by atoms with E-state index in [1.807, 2.05) is 18.7 Å². The normalized spacial score (nSPS) is 23.8. The van der Waals surface area contributed by atoms with Gasteiger partial charge in [-0.1, -0.05) is 159 Å². The van der Waals surface area contributed by atoms with Gasteiger partial charge < -0.3 is 4.90 Å². The summed E-state index contributed by atoms with van der Waals surface area (Å²) in [5.41, 5.74) is 13.8. The lowest BCUT2D eigenvalue weighted by molar-refractivity contribution is -0.00518. The smallest absolute Gasteiger partial charge is 0.0714 e. The molecule has 0 atom stereocenters. The maximum absolute atomic E-state index is 10.4. The summed E-state index contributed by atoms with van der Waals surface area (Å²) in [7, 11) is 0. The van der Waals surface area contributed by atoms with Gasteiger partial charge in [-0.05, 0) is 195 Å². The molecular formula is C64H57N. The van der Waals surface area contributed by atoms with E-state index in [0.717, 1.165) is 79.2 Å². The number of hydrogen-bond donors (Lipinski definition) is 0.